The molecule has 0 bridgehead atoms. The van der Waals surface area contributed by atoms with Crippen molar-refractivity contribution in [1.82, 2.24) is 59.3 Å². The third-order valence-electron chi connectivity index (χ3n) is 18.6. The maximum Gasteiger partial charge on any atom is 0.290 e. The van der Waals surface area contributed by atoms with Crippen molar-refractivity contribution in [3.05, 3.63) is 143 Å². The quantitative estimate of drug-likeness (QED) is 0.0499. The van der Waals surface area contributed by atoms with E-state index >= 15 is 0 Å². The van der Waals surface area contributed by atoms with E-state index in [1.54, 1.807) is 24.3 Å². The number of anilines is 6. The molecule has 12 heterocycles. The van der Waals surface area contributed by atoms with Crippen molar-refractivity contribution in [3.8, 4) is 56.9 Å². The smallest absolute Gasteiger partial charge is 0.290 e. The Morgan fingerprint density at radius 3 is 1.25 bits per heavy atom. The fourth-order valence-corrected chi connectivity index (χ4v) is 14.9. The zero-order valence-corrected chi connectivity index (χ0v) is 56.7. The molecule has 0 amide bonds. The first-order valence-corrected chi connectivity index (χ1v) is 34.6. The zero-order valence-electron chi connectivity index (χ0n) is 55.0. The molecular formula is C71H74F2N18O6S2. The number of carbonyl (C=O) groups excluding carboxylic acids is 2. The number of hydrogen-bond donors (Lipinski definition) is 5. The van der Waals surface area contributed by atoms with Gasteiger partial charge in [-0.25, -0.2) is 48.7 Å². The van der Waals surface area contributed by atoms with Crippen molar-refractivity contribution >= 4 is 85.8 Å². The van der Waals surface area contributed by atoms with E-state index in [9.17, 15) is 39.1 Å². The Balaban J connectivity index is 0.000000181. The summed E-state index contributed by atoms with van der Waals surface area (Å²) in [5, 5.41) is 53.6. The van der Waals surface area contributed by atoms with Gasteiger partial charge in [-0.05, 0) is 136 Å². The lowest BCUT2D eigenvalue weighted by molar-refractivity contribution is -0.123. The van der Waals surface area contributed by atoms with Gasteiger partial charge in [-0.1, -0.05) is 36.5 Å². The molecule has 99 heavy (non-hydrogen) atoms. The number of aromatic nitrogens is 10. The van der Waals surface area contributed by atoms with E-state index in [0.29, 0.717) is 118 Å². The highest BCUT2D eigenvalue weighted by atomic mass is 32.1. The number of rotatable bonds is 18. The number of hydrogen-bond acceptors (Lipinski definition) is 23. The van der Waals surface area contributed by atoms with E-state index in [1.165, 1.54) is 46.9 Å². The molecule has 4 aliphatic rings. The molecule has 4 atom stereocenters. The minimum atomic E-state index is -0.425. The van der Waals surface area contributed by atoms with Gasteiger partial charge in [0, 0.05) is 137 Å². The van der Waals surface area contributed by atoms with Crippen LogP contribution in [0.15, 0.2) is 110 Å². The number of β-amino-alcohol motifs (C(OH)–C–C–N with tert-alkyl or cyclic N) is 2. The van der Waals surface area contributed by atoms with Crippen LogP contribution in [0.3, 0.4) is 0 Å². The SMILES string of the molecule is CCc1nc2ccc(-c3cnc(N4CCC(CC(=O)[C@@H]5C[C@H](O)CN5)CC4)nc3)cn2c1N(C)c1nc(-c2ccc(F)cc2)c(C#N)s1.CCc1nc2ccc(-c3cnc(N4CCC(CC(=O)[C@@H]5C[C@H](O)CN5)CC4)nc3)cn2c1N(C)c1nc(-c2ccc(F)cc2)c(C#N)s1.O=CO. The molecule has 5 N–H and O–H groups in total. The Morgan fingerprint density at radius 1 is 0.576 bits per heavy atom. The number of carbonyl (C=O) groups is 3. The lowest BCUT2D eigenvalue weighted by Gasteiger charge is -2.32. The predicted molar refractivity (Wildman–Crippen MR) is 374 cm³/mol. The zero-order chi connectivity index (χ0) is 69.4. The fourth-order valence-electron chi connectivity index (χ4n) is 13.3. The van der Waals surface area contributed by atoms with Crippen molar-refractivity contribution in [2.24, 2.45) is 11.8 Å². The lowest BCUT2D eigenvalue weighted by Crippen LogP contribution is -2.37. The van der Waals surface area contributed by atoms with Gasteiger partial charge in [0.15, 0.2) is 10.3 Å². The number of nitrogens with one attached hydrogen (secondary N) is 2. The Morgan fingerprint density at radius 2 is 0.929 bits per heavy atom. The maximum absolute atomic E-state index is 13.6. The molecule has 4 fully saturated rings. The topological polar surface area (TPSA) is 308 Å². The summed E-state index contributed by atoms with van der Waals surface area (Å²) < 4.78 is 31.2. The van der Waals surface area contributed by atoms with Crippen LogP contribution in [0.4, 0.5) is 42.6 Å². The number of aryl methyl sites for hydroxylation is 2. The number of aliphatic hydroxyl groups is 2. The summed E-state index contributed by atoms with van der Waals surface area (Å²) in [5.41, 5.74) is 9.34. The summed E-state index contributed by atoms with van der Waals surface area (Å²) in [6, 6.07) is 24.0. The van der Waals surface area contributed by atoms with E-state index in [-0.39, 0.29) is 41.8 Å². The summed E-state index contributed by atoms with van der Waals surface area (Å²) in [6.07, 6.45) is 17.7. The second kappa shape index (κ2) is 30.8. The molecule has 0 aliphatic carbocycles. The van der Waals surface area contributed by atoms with Crippen LogP contribution in [0.25, 0.3) is 56.1 Å². The third-order valence-corrected chi connectivity index (χ3v) is 20.7. The van der Waals surface area contributed by atoms with Gasteiger partial charge in [-0.2, -0.15) is 10.5 Å². The summed E-state index contributed by atoms with van der Waals surface area (Å²) in [5.74, 6) is 3.43. The maximum atomic E-state index is 13.6. The van der Waals surface area contributed by atoms with Crippen LogP contribution >= 0.6 is 22.7 Å². The first-order chi connectivity index (χ1) is 48.0. The Bertz CT molecular complexity index is 4310. The molecule has 14 rings (SSSR count). The number of nitrogens with zero attached hydrogens (tertiary/aromatic N) is 16. The second-order valence-electron chi connectivity index (χ2n) is 25.0. The number of ketones is 2. The van der Waals surface area contributed by atoms with E-state index in [2.05, 4.69) is 46.4 Å². The van der Waals surface area contributed by atoms with Gasteiger partial charge < -0.3 is 45.6 Å². The molecule has 28 heteroatoms. The molecule has 2 aromatic carbocycles. The number of piperidine rings is 2. The predicted octanol–water partition coefficient (Wildman–Crippen LogP) is 10.0. The molecule has 4 saturated heterocycles. The Kier molecular flexibility index (Phi) is 21.4. The van der Waals surface area contributed by atoms with Crippen LogP contribution in [0.1, 0.15) is 86.4 Å². The lowest BCUT2D eigenvalue weighted by atomic mass is 9.89. The first kappa shape index (κ1) is 68.9. The standard InChI is InChI=1S/2C35H36FN9O2S.CH2O2/c2*1-3-27-33(43(2)35-42-32(30(16-37)48-35)22-4-7-25(36)8-5-22)45-20-23(6-9-31(45)41-27)24-17-39-34(40-18-24)44-12-10-21(11-13-44)14-29(47)28-15-26(46)19-38-28;2-1-3/h2*4-9,17-18,20-21,26,28,38,46H,3,10-15,19H2,1-2H3;1H,(H,2,3)/t2*26-,28-;/m00./s1. The van der Waals surface area contributed by atoms with Gasteiger partial charge in [0.25, 0.3) is 6.47 Å². The number of thiazole rings is 2. The fraction of sp³-hybridized carbons (Fsp3) is 0.366. The Hall–Kier alpha value is -10.1. The molecule has 0 radical (unpaired) electrons. The van der Waals surface area contributed by atoms with Crippen molar-refractivity contribution in [2.45, 2.75) is 102 Å². The van der Waals surface area contributed by atoms with Gasteiger partial charge in [0.05, 0.1) is 35.7 Å². The Labute approximate surface area is 578 Å². The summed E-state index contributed by atoms with van der Waals surface area (Å²) >= 11 is 2.56. The average Bonchev–Trinajstić information content (AvgIpc) is 1.62. The molecule has 0 spiro atoms. The van der Waals surface area contributed by atoms with Crippen molar-refractivity contribution in [3.63, 3.8) is 0 Å². The van der Waals surface area contributed by atoms with Crippen LogP contribution in [0, 0.1) is 46.1 Å². The minimum Gasteiger partial charge on any atom is -0.483 e. The normalized spacial score (nSPS) is 17.9. The minimum absolute atomic E-state index is 0.203. The molecule has 4 aliphatic heterocycles. The van der Waals surface area contributed by atoms with Gasteiger partial charge in [-0.15, -0.1) is 0 Å². The summed E-state index contributed by atoms with van der Waals surface area (Å²) in [7, 11) is 3.83. The van der Waals surface area contributed by atoms with Crippen molar-refractivity contribution in [2.75, 3.05) is 73.0 Å². The van der Waals surface area contributed by atoms with Crippen molar-refractivity contribution in [1.29, 1.82) is 10.5 Å². The number of benzene rings is 2. The number of imidazole rings is 2. The number of aliphatic hydroxyl groups excluding tert-OH is 2. The van der Waals surface area contributed by atoms with E-state index in [0.717, 1.165) is 108 Å². The molecule has 0 unspecified atom stereocenters. The van der Waals surface area contributed by atoms with Crippen LogP contribution in [-0.4, -0.2) is 160 Å². The number of fused-ring (bicyclic) bond motifs is 2. The van der Waals surface area contributed by atoms with Gasteiger partial charge >= 0.3 is 0 Å². The third kappa shape index (κ3) is 15.3. The van der Waals surface area contributed by atoms with Crippen LogP contribution < -0.4 is 30.2 Å². The molecule has 24 nitrogen and oxygen atoms in total. The summed E-state index contributed by atoms with van der Waals surface area (Å²) in [6.45, 7) is 8.02. The molecule has 8 aromatic heterocycles. The monoisotopic (exact) mass is 1380 g/mol. The largest absolute Gasteiger partial charge is 0.483 e. The van der Waals surface area contributed by atoms with Crippen LogP contribution in [0.5, 0.6) is 0 Å². The molecular weight excluding hydrogens is 1300 g/mol. The number of halogens is 2. The van der Waals surface area contributed by atoms with E-state index in [1.807, 2.05) is 94.1 Å². The molecule has 10 aromatic rings. The van der Waals surface area contributed by atoms with E-state index in [4.69, 9.17) is 49.8 Å². The van der Waals surface area contributed by atoms with E-state index < -0.39 is 12.2 Å². The first-order valence-electron chi connectivity index (χ1n) is 33.0. The van der Waals surface area contributed by atoms with Crippen LogP contribution in [-0.2, 0) is 27.2 Å². The van der Waals surface area contributed by atoms with Crippen molar-refractivity contribution < 1.29 is 38.5 Å². The van der Waals surface area contributed by atoms with Gasteiger partial charge in [0.2, 0.25) is 11.9 Å². The molecule has 510 valence electrons. The van der Waals surface area contributed by atoms with Gasteiger partial charge in [-0.3, -0.25) is 23.2 Å². The number of Topliss-reactive ketones (excluding diaryl/α,β-unsaturated/α-hetero) is 2. The van der Waals surface area contributed by atoms with Crippen LogP contribution in [0.2, 0.25) is 0 Å². The highest BCUT2D eigenvalue weighted by Crippen LogP contribution is 2.40. The second-order valence-corrected chi connectivity index (χ2v) is 27.0. The molecule has 0 saturated carbocycles. The number of pyridine rings is 2. The number of nitriles is 2. The summed E-state index contributed by atoms with van der Waals surface area (Å²) in [4.78, 5) is 81.0. The average molecular weight is 1380 g/mol. The number of carboxylic acid groups (broad SMARTS) is 1. The highest BCUT2D eigenvalue weighted by Gasteiger charge is 2.34. The van der Waals surface area contributed by atoms with Gasteiger partial charge in [0.1, 0.15) is 79.4 Å². The highest BCUT2D eigenvalue weighted by molar-refractivity contribution is 7.17.